The molecule has 0 saturated carbocycles. The van der Waals surface area contributed by atoms with E-state index >= 15 is 0 Å². The third-order valence-corrected chi connectivity index (χ3v) is 32.4. The third-order valence-electron chi connectivity index (χ3n) is 21.5. The summed E-state index contributed by atoms with van der Waals surface area (Å²) in [5.74, 6) is 29.2. The number of benzene rings is 12. The van der Waals surface area contributed by atoms with Crippen molar-refractivity contribution in [1.29, 1.82) is 0 Å². The number of fused-ring (bicyclic) bond motifs is 10. The lowest BCUT2D eigenvalue weighted by atomic mass is 9.70. The predicted octanol–water partition coefficient (Wildman–Crippen LogP) is 27.4. The molecule has 0 N–H and O–H groups in total. The lowest BCUT2D eigenvalue weighted by Gasteiger charge is -2.38. The topological polar surface area (TPSA) is 9.23 Å². The summed E-state index contributed by atoms with van der Waals surface area (Å²) in [5, 5.41) is 18.6. The minimum absolute atomic E-state index is 0.201. The van der Waals surface area contributed by atoms with Gasteiger partial charge in [-0.1, -0.05) is 283 Å². The maximum atomic E-state index is 7.76. The van der Waals surface area contributed by atoms with E-state index in [-0.39, 0.29) is 10.8 Å². The SMILES string of the molecule is CC(C)C[Si](C#Cc1c2cc3ccccc3cc2c(C#Cc2cc(C(C)(C)C)cc3c2Oc2c(C#Cc4c5cc6ccccc6cc5c(C#C[Si](CC(C)C)(CC(C)C)CC(C)C)c5cc6ccccc6cc45)cc(C(C)(C)C)cc2C3(C)C)c2cc3ccccc3cc12)(CC(C)C)CC(C)C. The van der Waals surface area contributed by atoms with E-state index in [4.69, 9.17) is 4.74 Å². The second-order valence-electron chi connectivity index (χ2n) is 35.7. The highest BCUT2D eigenvalue weighted by Gasteiger charge is 2.40. The lowest BCUT2D eigenvalue weighted by Crippen LogP contribution is -2.37. The summed E-state index contributed by atoms with van der Waals surface area (Å²) >= 11 is 0. The number of ether oxygens (including phenoxy) is 1. The molecule has 0 spiro atoms. The van der Waals surface area contributed by atoms with Gasteiger partial charge in [-0.3, -0.25) is 0 Å². The summed E-state index contributed by atoms with van der Waals surface area (Å²) in [7, 11) is -4.22. The molecule has 3 heteroatoms. The van der Waals surface area contributed by atoms with Crippen molar-refractivity contribution in [3.8, 4) is 58.1 Å². The first kappa shape index (κ1) is 71.6. The normalized spacial score (nSPS) is 13.3. The minimum Gasteiger partial charge on any atom is -0.454 e. The molecule has 0 saturated heterocycles. The molecule has 0 aromatic heterocycles. The molecule has 516 valence electrons. The first-order valence-electron chi connectivity index (χ1n) is 38.1. The second kappa shape index (κ2) is 27.8. The van der Waals surface area contributed by atoms with Crippen molar-refractivity contribution >= 4 is 102 Å². The van der Waals surface area contributed by atoms with Crippen molar-refractivity contribution in [2.75, 3.05) is 0 Å². The van der Waals surface area contributed by atoms with E-state index in [2.05, 4.69) is 355 Å². The molecule has 0 radical (unpaired) electrons. The molecule has 1 aliphatic rings. The van der Waals surface area contributed by atoms with Gasteiger partial charge in [0.15, 0.2) is 0 Å². The summed E-state index contributed by atoms with van der Waals surface area (Å²) in [6, 6.07) is 71.1. The van der Waals surface area contributed by atoms with Crippen molar-refractivity contribution in [3.63, 3.8) is 0 Å². The van der Waals surface area contributed by atoms with E-state index < -0.39 is 21.6 Å². The Balaban J connectivity index is 1.07. The summed E-state index contributed by atoms with van der Waals surface area (Å²) in [6.45, 7) is 47.5. The van der Waals surface area contributed by atoms with Crippen LogP contribution in [0.5, 0.6) is 11.5 Å². The molecule has 0 fully saturated rings. The van der Waals surface area contributed by atoms with Gasteiger partial charge in [-0.2, -0.15) is 0 Å². The highest BCUT2D eigenvalue weighted by Crippen LogP contribution is 2.53. The van der Waals surface area contributed by atoms with Crippen molar-refractivity contribution in [2.45, 2.75) is 191 Å². The van der Waals surface area contributed by atoms with Crippen LogP contribution in [0.4, 0.5) is 0 Å². The van der Waals surface area contributed by atoms with Crippen LogP contribution in [0.1, 0.15) is 194 Å². The Morgan fingerprint density at radius 1 is 0.304 bits per heavy atom. The van der Waals surface area contributed by atoms with Crippen molar-refractivity contribution < 1.29 is 4.74 Å². The Morgan fingerprint density at radius 3 is 0.725 bits per heavy atom. The van der Waals surface area contributed by atoms with Gasteiger partial charge in [-0.05, 0) is 241 Å². The van der Waals surface area contributed by atoms with Gasteiger partial charge in [0.2, 0.25) is 0 Å². The highest BCUT2D eigenvalue weighted by atomic mass is 28.3. The molecule has 0 unspecified atom stereocenters. The van der Waals surface area contributed by atoms with Gasteiger partial charge in [0.05, 0.1) is 11.1 Å². The minimum atomic E-state index is -2.11. The van der Waals surface area contributed by atoms with E-state index in [0.29, 0.717) is 35.5 Å². The van der Waals surface area contributed by atoms with Crippen molar-refractivity contribution in [1.82, 2.24) is 0 Å². The van der Waals surface area contributed by atoms with E-state index in [1.54, 1.807) is 0 Å². The van der Waals surface area contributed by atoms with E-state index in [1.165, 1.54) is 90.5 Å². The maximum absolute atomic E-state index is 7.76. The first-order valence-corrected chi connectivity index (χ1v) is 43.4. The van der Waals surface area contributed by atoms with Crippen LogP contribution in [0.3, 0.4) is 0 Å². The Kier molecular flexibility index (Phi) is 19.5. The Morgan fingerprint density at radius 2 is 0.520 bits per heavy atom. The van der Waals surface area contributed by atoms with Crippen molar-refractivity contribution in [2.24, 2.45) is 35.5 Å². The first-order chi connectivity index (χ1) is 48.4. The molecule has 1 aliphatic heterocycles. The third kappa shape index (κ3) is 14.4. The molecule has 0 amide bonds. The summed E-state index contributed by atoms with van der Waals surface area (Å²) in [5.41, 5.74) is 18.3. The van der Waals surface area contributed by atoms with Crippen LogP contribution < -0.4 is 4.74 Å². The molecule has 0 bridgehead atoms. The average Bonchev–Trinajstić information content (AvgIpc) is 0.732. The largest absolute Gasteiger partial charge is 0.454 e. The Bertz CT molecular complexity index is 5010. The predicted molar refractivity (Wildman–Crippen MR) is 451 cm³/mol. The average molecular weight is 1370 g/mol. The van der Waals surface area contributed by atoms with Crippen molar-refractivity contribution in [3.05, 3.63) is 225 Å². The molecule has 13 rings (SSSR count). The van der Waals surface area contributed by atoms with Gasteiger partial charge >= 0.3 is 0 Å². The number of rotatable bonds is 12. The summed E-state index contributed by atoms with van der Waals surface area (Å²) in [4.78, 5) is 0. The van der Waals surface area contributed by atoms with Gasteiger partial charge in [0.25, 0.3) is 0 Å². The van der Waals surface area contributed by atoms with E-state index in [0.717, 1.165) is 99.1 Å². The number of hydrogen-bond donors (Lipinski definition) is 0. The van der Waals surface area contributed by atoms with Crippen LogP contribution in [0.25, 0.3) is 86.2 Å². The van der Waals surface area contributed by atoms with Gasteiger partial charge in [0.1, 0.15) is 27.6 Å². The summed E-state index contributed by atoms with van der Waals surface area (Å²) in [6.07, 6.45) is 0. The molecule has 12 aromatic carbocycles. The molecule has 12 aromatic rings. The Labute approximate surface area is 613 Å². The van der Waals surface area contributed by atoms with Gasteiger partial charge in [-0.15, -0.1) is 11.1 Å². The fourth-order valence-electron chi connectivity index (χ4n) is 17.6. The van der Waals surface area contributed by atoms with Crippen LogP contribution in [0.2, 0.25) is 36.3 Å². The van der Waals surface area contributed by atoms with Crippen LogP contribution in [0, 0.1) is 82.1 Å². The maximum Gasteiger partial charge on any atom is 0.147 e. The molecule has 1 nitrogen and oxygen atoms in total. The standard InChI is InChI=1S/C99H106OSi2/c1-63(2)57-101(58-64(3)4,59-65(5)6)43-41-83-89-51-73-33-25-21-29-69(73)47-85(89)81(86-48-70-30-22-26-34-74(70)52-90(83)86)39-37-77-45-79(97(13,14)15)55-93-95(77)100-96-78(46-80(98(16,17)18)56-94(96)99(93,19)20)38-40-82-87-49-71-31-23-27-35-75(71)53-91(87)84(92-54-76-36-28-24-32-72(76)50-88(82)92)42-44-102(60-66(7)8,61-67(9)10)62-68(11)12/h21-36,45-56,63-68H,57-62H2,1-20H3. The van der Waals surface area contributed by atoms with E-state index in [9.17, 15) is 0 Å². The van der Waals surface area contributed by atoms with Crippen LogP contribution in [0.15, 0.2) is 170 Å². The fraction of sp³-hybridized carbons (Fsp3) is 0.354. The zero-order valence-corrected chi connectivity index (χ0v) is 66.8. The van der Waals surface area contributed by atoms with Crippen LogP contribution in [-0.2, 0) is 16.2 Å². The van der Waals surface area contributed by atoms with E-state index in [1.807, 2.05) is 0 Å². The molecule has 0 atom stereocenters. The highest BCUT2D eigenvalue weighted by molar-refractivity contribution is 6.88. The second-order valence-corrected chi connectivity index (χ2v) is 43.7. The smallest absolute Gasteiger partial charge is 0.147 e. The fourth-order valence-corrected chi connectivity index (χ4v) is 29.4. The van der Waals surface area contributed by atoms with Gasteiger partial charge < -0.3 is 4.74 Å². The quantitative estimate of drug-likeness (QED) is 0.0673. The number of hydrogen-bond acceptors (Lipinski definition) is 1. The molecule has 0 aliphatic carbocycles. The van der Waals surface area contributed by atoms with Crippen LogP contribution >= 0.6 is 0 Å². The summed E-state index contributed by atoms with van der Waals surface area (Å²) < 4.78 is 7.76. The van der Waals surface area contributed by atoms with Gasteiger partial charge in [0, 0.05) is 38.8 Å². The molecular formula is C99H106OSi2. The zero-order chi connectivity index (χ0) is 72.5. The molecular weight excluding hydrogens is 1260 g/mol. The monoisotopic (exact) mass is 1370 g/mol. The van der Waals surface area contributed by atoms with Gasteiger partial charge in [-0.25, -0.2) is 0 Å². The molecule has 1 heterocycles. The Hall–Kier alpha value is -8.81. The lowest BCUT2D eigenvalue weighted by molar-refractivity contribution is 0.412. The molecule has 102 heavy (non-hydrogen) atoms. The van der Waals surface area contributed by atoms with Crippen LogP contribution in [-0.4, -0.2) is 16.1 Å². The zero-order valence-electron chi connectivity index (χ0n) is 64.8.